The topological polar surface area (TPSA) is 98.7 Å². The van der Waals surface area contributed by atoms with Crippen LogP contribution in [0.25, 0.3) is 0 Å². The summed E-state index contributed by atoms with van der Waals surface area (Å²) in [6, 6.07) is 4.39. The molecule has 6 nitrogen and oxygen atoms in total. The third-order valence-corrected chi connectivity index (χ3v) is 2.00. The molecular formula is C7H10N2O4S. The van der Waals surface area contributed by atoms with Crippen LogP contribution in [0.5, 0.6) is 5.75 Å². The van der Waals surface area contributed by atoms with Gasteiger partial charge in [-0.1, -0.05) is 6.07 Å². The molecule has 0 saturated carbocycles. The van der Waals surface area contributed by atoms with Crippen molar-refractivity contribution in [1.82, 2.24) is 0 Å². The van der Waals surface area contributed by atoms with E-state index in [1.54, 1.807) is 17.8 Å². The first-order valence-electron chi connectivity index (χ1n) is 3.69. The van der Waals surface area contributed by atoms with Crippen molar-refractivity contribution in [3.05, 3.63) is 18.2 Å². The Kier molecular flexibility index (Phi) is 2.82. The highest BCUT2D eigenvalue weighted by Gasteiger charge is 2.11. The summed E-state index contributed by atoms with van der Waals surface area (Å²) in [6.07, 6.45) is 0. The van der Waals surface area contributed by atoms with Crippen molar-refractivity contribution in [3.8, 4) is 5.75 Å². The number of nitrogens with one attached hydrogen (secondary N) is 2. The predicted molar refractivity (Wildman–Crippen MR) is 52.8 cm³/mol. The maximum absolute atomic E-state index is 10.5. The largest absolute Gasteiger partial charge is 0.506 e. The molecule has 0 aliphatic rings. The molecule has 0 aliphatic heterocycles. The minimum absolute atomic E-state index is 0.0856. The van der Waals surface area contributed by atoms with E-state index in [1.807, 2.05) is 0 Å². The lowest BCUT2D eigenvalue weighted by Crippen LogP contribution is -2.11. The van der Waals surface area contributed by atoms with E-state index in [2.05, 4.69) is 5.32 Å². The maximum atomic E-state index is 10.5. The number of hydrogen-bond acceptors (Lipinski definition) is 4. The Labute approximate surface area is 81.5 Å². The molecule has 0 aliphatic carbocycles. The third kappa shape index (κ3) is 2.51. The van der Waals surface area contributed by atoms with Crippen LogP contribution in [0.3, 0.4) is 0 Å². The molecule has 0 unspecified atom stereocenters. The van der Waals surface area contributed by atoms with Gasteiger partial charge >= 0.3 is 10.3 Å². The zero-order valence-electron chi connectivity index (χ0n) is 7.35. The molecule has 1 rings (SSSR count). The number of anilines is 2. The quantitative estimate of drug-likeness (QED) is 0.441. The highest BCUT2D eigenvalue weighted by atomic mass is 32.2. The monoisotopic (exact) mass is 218 g/mol. The predicted octanol–water partition coefficient (Wildman–Crippen LogP) is 0.649. The van der Waals surface area contributed by atoms with E-state index in [0.29, 0.717) is 5.69 Å². The molecule has 0 amide bonds. The van der Waals surface area contributed by atoms with Crippen LogP contribution in [0.1, 0.15) is 0 Å². The fraction of sp³-hybridized carbons (Fsp3) is 0.143. The van der Waals surface area contributed by atoms with Crippen LogP contribution in [0.15, 0.2) is 18.2 Å². The Bertz CT molecular complexity index is 429. The van der Waals surface area contributed by atoms with Gasteiger partial charge in [0.25, 0.3) is 0 Å². The van der Waals surface area contributed by atoms with E-state index in [4.69, 9.17) is 4.55 Å². The van der Waals surface area contributed by atoms with Crippen LogP contribution in [0.4, 0.5) is 11.4 Å². The maximum Gasteiger partial charge on any atom is 0.357 e. The van der Waals surface area contributed by atoms with Crippen LogP contribution >= 0.6 is 0 Å². The number of benzene rings is 1. The number of aromatic hydroxyl groups is 1. The van der Waals surface area contributed by atoms with E-state index < -0.39 is 10.3 Å². The minimum Gasteiger partial charge on any atom is -0.506 e. The first-order chi connectivity index (χ1) is 6.44. The van der Waals surface area contributed by atoms with E-state index in [1.165, 1.54) is 12.1 Å². The van der Waals surface area contributed by atoms with E-state index in [0.717, 1.165) is 0 Å². The van der Waals surface area contributed by atoms with Gasteiger partial charge in [-0.25, -0.2) is 0 Å². The van der Waals surface area contributed by atoms with Crippen molar-refractivity contribution in [2.75, 3.05) is 17.1 Å². The molecule has 1 aromatic carbocycles. The summed E-state index contributed by atoms with van der Waals surface area (Å²) in [5.41, 5.74) is 0.278. The Hall–Kier alpha value is -1.47. The molecule has 1 aromatic rings. The fourth-order valence-corrected chi connectivity index (χ4v) is 1.46. The van der Waals surface area contributed by atoms with Gasteiger partial charge in [0, 0.05) is 7.05 Å². The lowest BCUT2D eigenvalue weighted by atomic mass is 10.2. The van der Waals surface area contributed by atoms with Gasteiger partial charge in [0.05, 0.1) is 5.69 Å². The van der Waals surface area contributed by atoms with E-state index in [9.17, 15) is 13.5 Å². The van der Waals surface area contributed by atoms with Crippen molar-refractivity contribution in [1.29, 1.82) is 0 Å². The normalized spacial score (nSPS) is 11.0. The molecule has 0 atom stereocenters. The van der Waals surface area contributed by atoms with Crippen molar-refractivity contribution < 1.29 is 18.1 Å². The number of phenolic OH excluding ortho intramolecular Hbond substituents is 1. The molecule has 14 heavy (non-hydrogen) atoms. The molecule has 0 bridgehead atoms. The molecule has 0 spiro atoms. The Balaban J connectivity index is 3.18. The second-order valence-corrected chi connectivity index (χ2v) is 3.68. The van der Waals surface area contributed by atoms with Crippen molar-refractivity contribution in [3.63, 3.8) is 0 Å². The van der Waals surface area contributed by atoms with Gasteiger partial charge in [0.1, 0.15) is 11.4 Å². The molecule has 0 saturated heterocycles. The second kappa shape index (κ2) is 3.72. The lowest BCUT2D eigenvalue weighted by Gasteiger charge is -2.10. The van der Waals surface area contributed by atoms with Crippen molar-refractivity contribution in [2.45, 2.75) is 0 Å². The molecular weight excluding hydrogens is 208 g/mol. The van der Waals surface area contributed by atoms with Crippen LogP contribution in [0.2, 0.25) is 0 Å². The van der Waals surface area contributed by atoms with E-state index >= 15 is 0 Å². The van der Waals surface area contributed by atoms with Gasteiger partial charge in [-0.05, 0) is 12.1 Å². The van der Waals surface area contributed by atoms with Crippen LogP contribution in [0, 0.1) is 0 Å². The van der Waals surface area contributed by atoms with Gasteiger partial charge in [0.2, 0.25) is 0 Å². The first kappa shape index (κ1) is 10.6. The summed E-state index contributed by atoms with van der Waals surface area (Å²) in [5.74, 6) is -0.269. The van der Waals surface area contributed by atoms with Crippen LogP contribution in [-0.2, 0) is 10.3 Å². The Morgan fingerprint density at radius 3 is 2.50 bits per heavy atom. The smallest absolute Gasteiger partial charge is 0.357 e. The molecule has 0 radical (unpaired) electrons. The summed E-state index contributed by atoms with van der Waals surface area (Å²) >= 11 is 0. The highest BCUT2D eigenvalue weighted by Crippen LogP contribution is 2.31. The van der Waals surface area contributed by atoms with Gasteiger partial charge in [-0.2, -0.15) is 8.42 Å². The summed E-state index contributed by atoms with van der Waals surface area (Å²) in [7, 11) is -2.82. The van der Waals surface area contributed by atoms with Crippen molar-refractivity contribution >= 4 is 21.7 Å². The number of rotatable bonds is 3. The molecule has 0 aromatic heterocycles. The molecule has 0 heterocycles. The number of para-hydroxylation sites is 1. The summed E-state index contributed by atoms with van der Waals surface area (Å²) < 4.78 is 31.4. The average Bonchev–Trinajstić information content (AvgIpc) is 2.06. The average molecular weight is 218 g/mol. The Morgan fingerprint density at radius 1 is 1.36 bits per heavy atom. The second-order valence-electron chi connectivity index (χ2n) is 2.53. The zero-order chi connectivity index (χ0) is 10.8. The van der Waals surface area contributed by atoms with Crippen LogP contribution < -0.4 is 10.0 Å². The van der Waals surface area contributed by atoms with Gasteiger partial charge in [-0.3, -0.25) is 9.27 Å². The van der Waals surface area contributed by atoms with Crippen molar-refractivity contribution in [2.24, 2.45) is 0 Å². The molecule has 7 heteroatoms. The third-order valence-electron chi connectivity index (χ3n) is 1.54. The number of phenols is 1. The summed E-state index contributed by atoms with van der Waals surface area (Å²) in [6.45, 7) is 0. The number of hydrogen-bond donors (Lipinski definition) is 4. The summed E-state index contributed by atoms with van der Waals surface area (Å²) in [5, 5.41) is 12.0. The molecule has 4 N–H and O–H groups in total. The lowest BCUT2D eigenvalue weighted by molar-refractivity contribution is 0.473. The SMILES string of the molecule is CNc1cccc(O)c1NS(=O)(=O)O. The van der Waals surface area contributed by atoms with Crippen LogP contribution in [-0.4, -0.2) is 25.1 Å². The zero-order valence-corrected chi connectivity index (χ0v) is 8.17. The minimum atomic E-state index is -4.38. The molecule has 0 fully saturated rings. The summed E-state index contributed by atoms with van der Waals surface area (Å²) in [4.78, 5) is 0. The molecule has 78 valence electrons. The first-order valence-corrected chi connectivity index (χ1v) is 5.13. The Morgan fingerprint density at radius 2 is 2.00 bits per heavy atom. The van der Waals surface area contributed by atoms with Gasteiger partial charge in [0.15, 0.2) is 0 Å². The van der Waals surface area contributed by atoms with Gasteiger partial charge in [-0.15, -0.1) is 0 Å². The standard InChI is InChI=1S/C7H10N2O4S/c1-8-5-3-2-4-6(10)7(5)9-14(11,12)13/h2-4,8-10H,1H3,(H,11,12,13). The van der Waals surface area contributed by atoms with Gasteiger partial charge < -0.3 is 10.4 Å². The van der Waals surface area contributed by atoms with E-state index in [-0.39, 0.29) is 11.4 Å². The highest BCUT2D eigenvalue weighted by molar-refractivity contribution is 7.87. The fourth-order valence-electron chi connectivity index (χ4n) is 0.985.